The van der Waals surface area contributed by atoms with Gasteiger partial charge in [-0.25, -0.2) is 4.98 Å². The number of amides is 1. The fourth-order valence-electron chi connectivity index (χ4n) is 2.98. The third-order valence-corrected chi connectivity index (χ3v) is 4.22. The summed E-state index contributed by atoms with van der Waals surface area (Å²) in [6.45, 7) is 7.65. The largest absolute Gasteiger partial charge is 0.378 e. The Labute approximate surface area is 137 Å². The first kappa shape index (κ1) is 16.0. The van der Waals surface area contributed by atoms with Gasteiger partial charge in [-0.05, 0) is 19.8 Å². The molecule has 0 radical (unpaired) electrons. The topological polar surface area (TPSA) is 70.6 Å². The fraction of sp³-hybridized carbons (Fsp3) is 0.688. The van der Waals surface area contributed by atoms with Crippen LogP contribution in [0.15, 0.2) is 6.07 Å². The number of carbonyl (C=O) groups is 1. The van der Waals surface area contributed by atoms with Crippen molar-refractivity contribution < 1.29 is 9.53 Å². The summed E-state index contributed by atoms with van der Waals surface area (Å²) in [5, 5.41) is 3.36. The van der Waals surface area contributed by atoms with Crippen molar-refractivity contribution in [2.75, 3.05) is 56.2 Å². The number of morpholine rings is 1. The first-order chi connectivity index (χ1) is 11.2. The monoisotopic (exact) mass is 319 g/mol. The van der Waals surface area contributed by atoms with Crippen LogP contribution in [0.2, 0.25) is 0 Å². The normalized spacial score (nSPS) is 18.6. The summed E-state index contributed by atoms with van der Waals surface area (Å²) in [6.07, 6.45) is 2.64. The zero-order valence-electron chi connectivity index (χ0n) is 13.8. The Morgan fingerprint density at radius 2 is 2.09 bits per heavy atom. The molecule has 3 rings (SSSR count). The second kappa shape index (κ2) is 7.59. The number of nitrogens with zero attached hydrogens (tertiary/aromatic N) is 4. The molecule has 2 saturated heterocycles. The van der Waals surface area contributed by atoms with Crippen LogP contribution in [-0.4, -0.2) is 66.7 Å². The van der Waals surface area contributed by atoms with Crippen LogP contribution in [0.5, 0.6) is 0 Å². The number of aryl methyl sites for hydroxylation is 1. The third kappa shape index (κ3) is 4.31. The standard InChI is InChI=1S/C16H25N5O2/c1-13-12-14(17-5-3-7-20-6-2-4-15(20)22)19-16(18-13)21-8-10-23-11-9-21/h12H,2-11H2,1H3,(H,17,18,19). The molecule has 2 aliphatic heterocycles. The van der Waals surface area contributed by atoms with E-state index >= 15 is 0 Å². The van der Waals surface area contributed by atoms with Crippen molar-refractivity contribution in [3.8, 4) is 0 Å². The quantitative estimate of drug-likeness (QED) is 0.790. The molecule has 1 aromatic rings. The SMILES string of the molecule is Cc1cc(NCCCN2CCCC2=O)nc(N2CCOCC2)n1. The molecule has 1 N–H and O–H groups in total. The van der Waals surface area contributed by atoms with Crippen LogP contribution in [0, 0.1) is 6.92 Å². The lowest BCUT2D eigenvalue weighted by molar-refractivity contribution is -0.127. The summed E-state index contributed by atoms with van der Waals surface area (Å²) >= 11 is 0. The van der Waals surface area contributed by atoms with E-state index in [1.807, 2.05) is 17.9 Å². The second-order valence-corrected chi connectivity index (χ2v) is 6.06. The first-order valence-corrected chi connectivity index (χ1v) is 8.42. The molecule has 126 valence electrons. The molecule has 7 heteroatoms. The first-order valence-electron chi connectivity index (χ1n) is 8.42. The zero-order chi connectivity index (χ0) is 16.1. The molecule has 0 unspecified atom stereocenters. The van der Waals surface area contributed by atoms with Gasteiger partial charge in [0.2, 0.25) is 11.9 Å². The van der Waals surface area contributed by atoms with Gasteiger partial charge in [0.15, 0.2) is 0 Å². The van der Waals surface area contributed by atoms with E-state index in [0.717, 1.165) is 76.2 Å². The van der Waals surface area contributed by atoms with Crippen LogP contribution in [0.3, 0.4) is 0 Å². The smallest absolute Gasteiger partial charge is 0.227 e. The van der Waals surface area contributed by atoms with E-state index in [0.29, 0.717) is 6.42 Å². The summed E-state index contributed by atoms with van der Waals surface area (Å²) in [5.74, 6) is 1.91. The van der Waals surface area contributed by atoms with Gasteiger partial charge in [-0.2, -0.15) is 4.98 Å². The van der Waals surface area contributed by atoms with E-state index in [-0.39, 0.29) is 5.91 Å². The van der Waals surface area contributed by atoms with Gasteiger partial charge in [0.05, 0.1) is 13.2 Å². The fourth-order valence-corrected chi connectivity index (χ4v) is 2.98. The molecule has 0 atom stereocenters. The number of aromatic nitrogens is 2. The molecule has 0 aliphatic carbocycles. The highest BCUT2D eigenvalue weighted by Crippen LogP contribution is 2.15. The summed E-state index contributed by atoms with van der Waals surface area (Å²) < 4.78 is 5.37. The van der Waals surface area contributed by atoms with Crippen LogP contribution < -0.4 is 10.2 Å². The van der Waals surface area contributed by atoms with Crippen molar-refractivity contribution >= 4 is 17.7 Å². The lowest BCUT2D eigenvalue weighted by Crippen LogP contribution is -2.37. The molecule has 0 spiro atoms. The van der Waals surface area contributed by atoms with Crippen LogP contribution in [-0.2, 0) is 9.53 Å². The van der Waals surface area contributed by atoms with Crippen molar-refractivity contribution in [2.24, 2.45) is 0 Å². The number of anilines is 2. The van der Waals surface area contributed by atoms with Gasteiger partial charge < -0.3 is 19.9 Å². The number of likely N-dealkylation sites (tertiary alicyclic amines) is 1. The summed E-state index contributed by atoms with van der Waals surface area (Å²) in [6, 6.07) is 1.96. The Balaban J connectivity index is 1.51. The number of nitrogens with one attached hydrogen (secondary N) is 1. The van der Waals surface area contributed by atoms with Crippen molar-refractivity contribution in [3.05, 3.63) is 11.8 Å². The number of rotatable bonds is 6. The third-order valence-electron chi connectivity index (χ3n) is 4.22. The van der Waals surface area contributed by atoms with Gasteiger partial charge in [-0.15, -0.1) is 0 Å². The Kier molecular flexibility index (Phi) is 5.27. The molecule has 2 aliphatic rings. The molecule has 23 heavy (non-hydrogen) atoms. The van der Waals surface area contributed by atoms with Gasteiger partial charge >= 0.3 is 0 Å². The number of ether oxygens (including phenoxy) is 1. The molecule has 0 bridgehead atoms. The minimum atomic E-state index is 0.289. The molecule has 7 nitrogen and oxygen atoms in total. The van der Waals surface area contributed by atoms with E-state index in [2.05, 4.69) is 20.2 Å². The molecule has 1 aromatic heterocycles. The minimum Gasteiger partial charge on any atom is -0.378 e. The van der Waals surface area contributed by atoms with Gasteiger partial charge in [-0.1, -0.05) is 0 Å². The zero-order valence-corrected chi connectivity index (χ0v) is 13.8. The van der Waals surface area contributed by atoms with Crippen molar-refractivity contribution in [3.63, 3.8) is 0 Å². The van der Waals surface area contributed by atoms with Gasteiger partial charge in [-0.3, -0.25) is 4.79 Å². The van der Waals surface area contributed by atoms with Crippen molar-refractivity contribution in [2.45, 2.75) is 26.2 Å². The molecule has 0 aromatic carbocycles. The maximum atomic E-state index is 11.6. The van der Waals surface area contributed by atoms with E-state index in [9.17, 15) is 4.79 Å². The Bertz CT molecular complexity index is 545. The highest BCUT2D eigenvalue weighted by atomic mass is 16.5. The van der Waals surface area contributed by atoms with Crippen LogP contribution in [0.4, 0.5) is 11.8 Å². The Morgan fingerprint density at radius 1 is 1.26 bits per heavy atom. The molecular weight excluding hydrogens is 294 g/mol. The average Bonchev–Trinajstić information content (AvgIpc) is 2.97. The highest BCUT2D eigenvalue weighted by Gasteiger charge is 2.19. The lowest BCUT2D eigenvalue weighted by atomic mass is 10.3. The predicted molar refractivity (Wildman–Crippen MR) is 88.7 cm³/mol. The molecule has 1 amide bonds. The number of hydrogen-bond donors (Lipinski definition) is 1. The maximum Gasteiger partial charge on any atom is 0.227 e. The van der Waals surface area contributed by atoms with Crippen molar-refractivity contribution in [1.82, 2.24) is 14.9 Å². The molecule has 0 saturated carbocycles. The van der Waals surface area contributed by atoms with Crippen LogP contribution in [0.1, 0.15) is 25.0 Å². The molecule has 2 fully saturated rings. The van der Waals surface area contributed by atoms with E-state index in [1.54, 1.807) is 0 Å². The predicted octanol–water partition coefficient (Wildman–Crippen LogP) is 1.05. The Hall–Kier alpha value is -1.89. The molecule has 3 heterocycles. The number of carbonyl (C=O) groups excluding carboxylic acids is 1. The molecular formula is C16H25N5O2. The van der Waals surface area contributed by atoms with Gasteiger partial charge in [0.1, 0.15) is 5.82 Å². The summed E-state index contributed by atoms with van der Waals surface area (Å²) in [5.41, 5.74) is 0.957. The van der Waals surface area contributed by atoms with E-state index in [1.165, 1.54) is 0 Å². The van der Waals surface area contributed by atoms with E-state index < -0.39 is 0 Å². The maximum absolute atomic E-state index is 11.6. The summed E-state index contributed by atoms with van der Waals surface area (Å²) in [7, 11) is 0. The van der Waals surface area contributed by atoms with E-state index in [4.69, 9.17) is 4.74 Å². The summed E-state index contributed by atoms with van der Waals surface area (Å²) in [4.78, 5) is 24.8. The highest BCUT2D eigenvalue weighted by molar-refractivity contribution is 5.78. The average molecular weight is 319 g/mol. The minimum absolute atomic E-state index is 0.289. The van der Waals surface area contributed by atoms with Gasteiger partial charge in [0, 0.05) is 50.9 Å². The van der Waals surface area contributed by atoms with Gasteiger partial charge in [0.25, 0.3) is 0 Å². The number of hydrogen-bond acceptors (Lipinski definition) is 6. The Morgan fingerprint density at radius 3 is 2.83 bits per heavy atom. The lowest BCUT2D eigenvalue weighted by Gasteiger charge is -2.27. The van der Waals surface area contributed by atoms with Crippen LogP contribution in [0.25, 0.3) is 0 Å². The van der Waals surface area contributed by atoms with Crippen molar-refractivity contribution in [1.29, 1.82) is 0 Å². The second-order valence-electron chi connectivity index (χ2n) is 6.06. The van der Waals surface area contributed by atoms with Crippen LogP contribution >= 0.6 is 0 Å².